The van der Waals surface area contributed by atoms with Gasteiger partial charge in [-0.15, -0.1) is 0 Å². The van der Waals surface area contributed by atoms with Gasteiger partial charge in [0.1, 0.15) is 24.6 Å². The number of non-ortho nitro benzene ring substituents is 1. The molecule has 2 N–H and O–H groups in total. The van der Waals surface area contributed by atoms with E-state index in [1.165, 1.54) is 12.1 Å². The predicted molar refractivity (Wildman–Crippen MR) is 82.0 cm³/mol. The van der Waals surface area contributed by atoms with Crippen molar-refractivity contribution in [1.82, 2.24) is 0 Å². The lowest BCUT2D eigenvalue weighted by Crippen LogP contribution is -2.80. The quantitative estimate of drug-likeness (QED) is 0.625. The average molecular weight is 303 g/mol. The van der Waals surface area contributed by atoms with Crippen molar-refractivity contribution in [3.05, 3.63) is 63.7 Å². The molecule has 6 nitrogen and oxygen atoms in total. The van der Waals surface area contributed by atoms with Gasteiger partial charge < -0.3 is 14.8 Å². The minimum atomic E-state index is -0.393. The number of ether oxygens (including phenoxy) is 2. The van der Waals surface area contributed by atoms with E-state index >= 15 is 0 Å². The summed E-state index contributed by atoms with van der Waals surface area (Å²) in [5, 5.41) is 12.7. The summed E-state index contributed by atoms with van der Waals surface area (Å²) in [4.78, 5) is 10.2. The molecule has 0 spiro atoms. The molecule has 0 saturated heterocycles. The van der Waals surface area contributed by atoms with E-state index in [4.69, 9.17) is 9.47 Å². The maximum absolute atomic E-state index is 10.6. The Morgan fingerprint density at radius 1 is 1.05 bits per heavy atom. The van der Waals surface area contributed by atoms with Crippen LogP contribution in [0.2, 0.25) is 0 Å². The normalized spacial score (nSPS) is 10.3. The number of hydrogen-bond acceptors (Lipinski definition) is 4. The highest BCUT2D eigenvalue weighted by Crippen LogP contribution is 2.23. The number of nitro benzene ring substituents is 1. The van der Waals surface area contributed by atoms with Gasteiger partial charge in [-0.1, -0.05) is 0 Å². The molecule has 0 saturated carbocycles. The molecule has 6 heteroatoms. The molecule has 0 amide bonds. The van der Waals surface area contributed by atoms with Crippen LogP contribution in [-0.2, 0) is 13.1 Å². The maximum Gasteiger partial charge on any atom is 0.269 e. The third-order valence-corrected chi connectivity index (χ3v) is 3.39. The van der Waals surface area contributed by atoms with E-state index in [0.29, 0.717) is 0 Å². The molecule has 2 aromatic carbocycles. The molecule has 0 fully saturated rings. The zero-order valence-electron chi connectivity index (χ0n) is 12.6. The van der Waals surface area contributed by atoms with E-state index < -0.39 is 4.92 Å². The molecule has 0 bridgehead atoms. The van der Waals surface area contributed by atoms with Crippen molar-refractivity contribution < 1.29 is 19.7 Å². The zero-order chi connectivity index (χ0) is 15.9. The average Bonchev–Trinajstić information content (AvgIpc) is 2.55. The molecular formula is C16H19N2O4+. The SMILES string of the molecule is COc1ccc(C[NH2+]Cc2ccc([N+](=O)[O-])cc2)c(OC)c1. The van der Waals surface area contributed by atoms with Gasteiger partial charge in [0.2, 0.25) is 0 Å². The van der Waals surface area contributed by atoms with Crippen molar-refractivity contribution in [1.29, 1.82) is 0 Å². The van der Waals surface area contributed by atoms with E-state index in [9.17, 15) is 10.1 Å². The van der Waals surface area contributed by atoms with Gasteiger partial charge in [0, 0.05) is 29.3 Å². The van der Waals surface area contributed by atoms with Crippen molar-refractivity contribution >= 4 is 5.69 Å². The van der Waals surface area contributed by atoms with Crippen LogP contribution in [-0.4, -0.2) is 19.1 Å². The number of benzene rings is 2. The van der Waals surface area contributed by atoms with Gasteiger partial charge in [-0.25, -0.2) is 0 Å². The molecule has 0 aliphatic heterocycles. The van der Waals surface area contributed by atoms with Crippen molar-refractivity contribution in [3.63, 3.8) is 0 Å². The summed E-state index contributed by atoms with van der Waals surface area (Å²) >= 11 is 0. The molecule has 22 heavy (non-hydrogen) atoms. The van der Waals surface area contributed by atoms with E-state index in [2.05, 4.69) is 5.32 Å². The summed E-state index contributed by atoms with van der Waals surface area (Å²) in [7, 11) is 3.25. The zero-order valence-corrected chi connectivity index (χ0v) is 12.6. The van der Waals surface area contributed by atoms with E-state index in [1.807, 2.05) is 18.2 Å². The summed E-state index contributed by atoms with van der Waals surface area (Å²) in [6, 6.07) is 12.3. The molecule has 0 aromatic heterocycles. The van der Waals surface area contributed by atoms with Crippen LogP contribution < -0.4 is 14.8 Å². The lowest BCUT2D eigenvalue weighted by molar-refractivity contribution is -0.686. The van der Waals surface area contributed by atoms with Gasteiger partial charge in [0.05, 0.1) is 19.1 Å². The highest BCUT2D eigenvalue weighted by molar-refractivity contribution is 5.40. The number of methoxy groups -OCH3 is 2. The predicted octanol–water partition coefficient (Wildman–Crippen LogP) is 1.88. The largest absolute Gasteiger partial charge is 0.497 e. The van der Waals surface area contributed by atoms with Crippen molar-refractivity contribution in [2.24, 2.45) is 0 Å². The minimum absolute atomic E-state index is 0.112. The Hall–Kier alpha value is -2.60. The molecule has 0 unspecified atom stereocenters. The van der Waals surface area contributed by atoms with Crippen LogP contribution in [0.3, 0.4) is 0 Å². The fourth-order valence-corrected chi connectivity index (χ4v) is 2.17. The molecule has 2 rings (SSSR count). The third-order valence-electron chi connectivity index (χ3n) is 3.39. The maximum atomic E-state index is 10.6. The second-order valence-corrected chi connectivity index (χ2v) is 4.80. The Bertz CT molecular complexity index is 641. The molecular weight excluding hydrogens is 284 g/mol. The second-order valence-electron chi connectivity index (χ2n) is 4.80. The number of nitrogens with zero attached hydrogens (tertiary/aromatic N) is 1. The first kappa shape index (κ1) is 15.8. The first-order valence-electron chi connectivity index (χ1n) is 6.90. The monoisotopic (exact) mass is 303 g/mol. The first-order valence-corrected chi connectivity index (χ1v) is 6.90. The minimum Gasteiger partial charge on any atom is -0.497 e. The summed E-state index contributed by atoms with van der Waals surface area (Å²) in [5.41, 5.74) is 2.23. The van der Waals surface area contributed by atoms with Crippen LogP contribution in [0, 0.1) is 10.1 Å². The lowest BCUT2D eigenvalue weighted by Gasteiger charge is -2.09. The lowest BCUT2D eigenvalue weighted by atomic mass is 10.1. The van der Waals surface area contributed by atoms with Crippen molar-refractivity contribution in [2.45, 2.75) is 13.1 Å². The molecule has 0 atom stereocenters. The Balaban J connectivity index is 1.94. The highest BCUT2D eigenvalue weighted by atomic mass is 16.6. The van der Waals surface area contributed by atoms with Gasteiger partial charge in [0.15, 0.2) is 0 Å². The number of nitrogens with two attached hydrogens (primary N) is 1. The molecule has 0 radical (unpaired) electrons. The third kappa shape index (κ3) is 3.95. The number of rotatable bonds is 7. The summed E-state index contributed by atoms with van der Waals surface area (Å²) in [6.45, 7) is 1.50. The number of hydrogen-bond donors (Lipinski definition) is 1. The van der Waals surface area contributed by atoms with Crippen LogP contribution in [0.5, 0.6) is 11.5 Å². The summed E-state index contributed by atoms with van der Waals surface area (Å²) in [6.07, 6.45) is 0. The topological polar surface area (TPSA) is 78.2 Å². The fraction of sp³-hybridized carbons (Fsp3) is 0.250. The van der Waals surface area contributed by atoms with Gasteiger partial charge in [-0.2, -0.15) is 0 Å². The standard InChI is InChI=1S/C16H18N2O4/c1-21-15-8-5-13(16(9-15)22-2)11-17-10-12-3-6-14(7-4-12)18(19)20/h3-9,17H,10-11H2,1-2H3/p+1. The van der Waals surface area contributed by atoms with Crippen LogP contribution in [0.4, 0.5) is 5.69 Å². The van der Waals surface area contributed by atoms with Crippen molar-refractivity contribution in [3.8, 4) is 11.5 Å². The molecule has 2 aromatic rings. The number of quaternary nitrogens is 1. The van der Waals surface area contributed by atoms with E-state index in [1.54, 1.807) is 26.4 Å². The van der Waals surface area contributed by atoms with Crippen LogP contribution >= 0.6 is 0 Å². The first-order chi connectivity index (χ1) is 10.6. The highest BCUT2D eigenvalue weighted by Gasteiger charge is 2.08. The Morgan fingerprint density at radius 2 is 1.77 bits per heavy atom. The Kier molecular flexibility index (Phi) is 5.32. The van der Waals surface area contributed by atoms with Crippen LogP contribution in [0.15, 0.2) is 42.5 Å². The van der Waals surface area contributed by atoms with Gasteiger partial charge in [-0.05, 0) is 24.3 Å². The fourth-order valence-electron chi connectivity index (χ4n) is 2.17. The number of nitro groups is 1. The van der Waals surface area contributed by atoms with Crippen molar-refractivity contribution in [2.75, 3.05) is 14.2 Å². The van der Waals surface area contributed by atoms with Crippen LogP contribution in [0.25, 0.3) is 0 Å². The molecule has 0 aliphatic rings. The van der Waals surface area contributed by atoms with E-state index in [-0.39, 0.29) is 5.69 Å². The summed E-state index contributed by atoms with van der Waals surface area (Å²) in [5.74, 6) is 1.55. The molecule has 0 aliphatic carbocycles. The summed E-state index contributed by atoms with van der Waals surface area (Å²) < 4.78 is 10.5. The van der Waals surface area contributed by atoms with Crippen LogP contribution in [0.1, 0.15) is 11.1 Å². The van der Waals surface area contributed by atoms with E-state index in [0.717, 1.165) is 35.7 Å². The van der Waals surface area contributed by atoms with Gasteiger partial charge in [-0.3, -0.25) is 10.1 Å². The smallest absolute Gasteiger partial charge is 0.269 e. The Labute approximate surface area is 128 Å². The molecule has 0 heterocycles. The molecule has 116 valence electrons. The van der Waals surface area contributed by atoms with Gasteiger partial charge >= 0.3 is 0 Å². The Morgan fingerprint density at radius 3 is 2.36 bits per heavy atom. The van der Waals surface area contributed by atoms with Gasteiger partial charge in [0.25, 0.3) is 5.69 Å². The second kappa shape index (κ2) is 7.42.